The summed E-state index contributed by atoms with van der Waals surface area (Å²) in [5.41, 5.74) is 0.803. The molecular formula is C22H34FIN4O3. The third-order valence-corrected chi connectivity index (χ3v) is 5.46. The number of carbonyl (C=O) groups excluding carboxylic acids is 1. The van der Waals surface area contributed by atoms with Crippen molar-refractivity contribution in [1.29, 1.82) is 0 Å². The number of carbonyl (C=O) groups is 1. The van der Waals surface area contributed by atoms with E-state index in [9.17, 15) is 9.18 Å². The van der Waals surface area contributed by atoms with E-state index in [-0.39, 0.29) is 41.9 Å². The lowest BCUT2D eigenvalue weighted by atomic mass is 10.1. The molecule has 2 unspecified atom stereocenters. The highest BCUT2D eigenvalue weighted by Gasteiger charge is 2.32. The molecule has 2 atom stereocenters. The van der Waals surface area contributed by atoms with E-state index in [0.717, 1.165) is 18.4 Å². The Morgan fingerprint density at radius 2 is 2.00 bits per heavy atom. The number of guanidine groups is 1. The van der Waals surface area contributed by atoms with E-state index < -0.39 is 6.09 Å². The van der Waals surface area contributed by atoms with Crippen molar-refractivity contribution in [3.63, 3.8) is 0 Å². The number of nitrogens with one attached hydrogen (secondary N) is 3. The standard InChI is InChI=1S/C22H33FN4O3.HI/c1-4-29-22(28)27-19(16-7-8-16)12-25-21(24-3)26-14(2)17-9-10-20(18(23)11-17)30-13-15-5-6-15;/h9-11,14-16,19H,4-8,12-13H2,1-3H3,(H,27,28)(H2,24,25,26);1H. The van der Waals surface area contributed by atoms with E-state index in [0.29, 0.717) is 43.3 Å². The molecule has 9 heteroatoms. The van der Waals surface area contributed by atoms with Crippen LogP contribution >= 0.6 is 24.0 Å². The number of amides is 1. The molecule has 3 rings (SSSR count). The molecule has 2 fully saturated rings. The molecule has 1 aromatic carbocycles. The van der Waals surface area contributed by atoms with Crippen molar-refractivity contribution < 1.29 is 18.7 Å². The maximum Gasteiger partial charge on any atom is 0.407 e. The van der Waals surface area contributed by atoms with Crippen LogP contribution in [0.5, 0.6) is 5.75 Å². The maximum absolute atomic E-state index is 14.4. The van der Waals surface area contributed by atoms with Gasteiger partial charge in [-0.15, -0.1) is 24.0 Å². The molecule has 0 bridgehead atoms. The van der Waals surface area contributed by atoms with Crippen LogP contribution in [0.15, 0.2) is 23.2 Å². The minimum atomic E-state index is -0.396. The summed E-state index contributed by atoms with van der Waals surface area (Å²) < 4.78 is 24.9. The number of halogens is 2. The highest BCUT2D eigenvalue weighted by atomic mass is 127. The lowest BCUT2D eigenvalue weighted by molar-refractivity contribution is 0.146. The number of ether oxygens (including phenoxy) is 2. The largest absolute Gasteiger partial charge is 0.490 e. The van der Waals surface area contributed by atoms with E-state index in [1.54, 1.807) is 20.0 Å². The van der Waals surface area contributed by atoms with Gasteiger partial charge in [-0.3, -0.25) is 4.99 Å². The van der Waals surface area contributed by atoms with Crippen molar-refractivity contribution in [3.05, 3.63) is 29.6 Å². The van der Waals surface area contributed by atoms with Crippen LogP contribution < -0.4 is 20.7 Å². The lowest BCUT2D eigenvalue weighted by Crippen LogP contribution is -2.48. The van der Waals surface area contributed by atoms with Crippen LogP contribution in [0.1, 0.15) is 51.1 Å². The van der Waals surface area contributed by atoms with Crippen LogP contribution in [0.4, 0.5) is 9.18 Å². The van der Waals surface area contributed by atoms with Crippen LogP contribution in [-0.2, 0) is 4.74 Å². The molecule has 0 saturated heterocycles. The van der Waals surface area contributed by atoms with Gasteiger partial charge >= 0.3 is 6.09 Å². The van der Waals surface area contributed by atoms with Gasteiger partial charge in [0.05, 0.1) is 25.3 Å². The Morgan fingerprint density at radius 1 is 1.26 bits per heavy atom. The van der Waals surface area contributed by atoms with Gasteiger partial charge in [0, 0.05) is 13.6 Å². The summed E-state index contributed by atoms with van der Waals surface area (Å²) in [6.45, 7) is 5.20. The molecule has 0 radical (unpaired) electrons. The van der Waals surface area contributed by atoms with E-state index in [2.05, 4.69) is 20.9 Å². The number of nitrogens with zero attached hydrogens (tertiary/aromatic N) is 1. The van der Waals surface area contributed by atoms with E-state index in [4.69, 9.17) is 9.47 Å². The van der Waals surface area contributed by atoms with Gasteiger partial charge < -0.3 is 25.4 Å². The molecular weight excluding hydrogens is 514 g/mol. The quantitative estimate of drug-likeness (QED) is 0.234. The zero-order chi connectivity index (χ0) is 21.5. The average molecular weight is 548 g/mol. The molecule has 7 nitrogen and oxygen atoms in total. The number of aliphatic imine (C=N–C) groups is 1. The van der Waals surface area contributed by atoms with E-state index in [1.807, 2.05) is 13.0 Å². The smallest absolute Gasteiger partial charge is 0.407 e. The van der Waals surface area contributed by atoms with Crippen LogP contribution in [0.2, 0.25) is 0 Å². The van der Waals surface area contributed by atoms with Crippen molar-refractivity contribution in [1.82, 2.24) is 16.0 Å². The zero-order valence-electron chi connectivity index (χ0n) is 18.4. The summed E-state index contributed by atoms with van der Waals surface area (Å²) >= 11 is 0. The summed E-state index contributed by atoms with van der Waals surface area (Å²) in [7, 11) is 1.68. The summed E-state index contributed by atoms with van der Waals surface area (Å²) in [6.07, 6.45) is 4.13. The fourth-order valence-corrected chi connectivity index (χ4v) is 3.24. The first-order chi connectivity index (χ1) is 14.5. The fraction of sp³-hybridized carbons (Fsp3) is 0.636. The Hall–Kier alpha value is -1.78. The predicted molar refractivity (Wildman–Crippen MR) is 130 cm³/mol. The van der Waals surface area contributed by atoms with Gasteiger partial charge in [0.25, 0.3) is 0 Å². The van der Waals surface area contributed by atoms with E-state index >= 15 is 0 Å². The summed E-state index contributed by atoms with van der Waals surface area (Å²) in [5.74, 6) is 1.58. The summed E-state index contributed by atoms with van der Waals surface area (Å²) in [6, 6.07) is 4.89. The first kappa shape index (κ1) is 25.5. The Kier molecular flexibility index (Phi) is 10.1. The number of hydrogen-bond acceptors (Lipinski definition) is 4. The third-order valence-electron chi connectivity index (χ3n) is 5.46. The topological polar surface area (TPSA) is 84.0 Å². The molecule has 31 heavy (non-hydrogen) atoms. The molecule has 0 aromatic heterocycles. The van der Waals surface area contributed by atoms with Crippen LogP contribution in [-0.4, -0.2) is 44.9 Å². The fourth-order valence-electron chi connectivity index (χ4n) is 3.24. The number of hydrogen-bond donors (Lipinski definition) is 3. The maximum atomic E-state index is 14.4. The van der Waals surface area contributed by atoms with Crippen molar-refractivity contribution in [2.75, 3.05) is 26.8 Å². The van der Waals surface area contributed by atoms with Crippen molar-refractivity contribution in [2.24, 2.45) is 16.8 Å². The van der Waals surface area contributed by atoms with Gasteiger partial charge in [-0.25, -0.2) is 9.18 Å². The minimum absolute atomic E-state index is 0. The average Bonchev–Trinajstić information content (AvgIpc) is 3.63. The van der Waals surface area contributed by atoms with Crippen molar-refractivity contribution in [3.8, 4) is 5.75 Å². The van der Waals surface area contributed by atoms with Gasteiger partial charge in [0.2, 0.25) is 0 Å². The van der Waals surface area contributed by atoms with Gasteiger partial charge in [0.1, 0.15) is 0 Å². The molecule has 2 aliphatic carbocycles. The van der Waals surface area contributed by atoms with Crippen LogP contribution in [0.3, 0.4) is 0 Å². The SMILES string of the molecule is CCOC(=O)NC(CNC(=NC)NC(C)c1ccc(OCC2CC2)c(F)c1)C1CC1.I. The van der Waals surface area contributed by atoms with Gasteiger partial charge in [0.15, 0.2) is 17.5 Å². The van der Waals surface area contributed by atoms with Crippen LogP contribution in [0, 0.1) is 17.7 Å². The molecule has 0 heterocycles. The number of alkyl carbamates (subject to hydrolysis) is 1. The van der Waals surface area contributed by atoms with Gasteiger partial charge in [-0.2, -0.15) is 0 Å². The number of rotatable bonds is 10. The molecule has 3 N–H and O–H groups in total. The number of benzene rings is 1. The highest BCUT2D eigenvalue weighted by Crippen LogP contribution is 2.32. The Labute approximate surface area is 201 Å². The molecule has 2 aliphatic rings. The summed E-state index contributed by atoms with van der Waals surface area (Å²) in [5, 5.41) is 9.44. The van der Waals surface area contributed by atoms with Crippen LogP contribution in [0.25, 0.3) is 0 Å². The van der Waals surface area contributed by atoms with Crippen molar-refractivity contribution >= 4 is 36.0 Å². The third kappa shape index (κ3) is 8.34. The summed E-state index contributed by atoms with van der Waals surface area (Å²) in [4.78, 5) is 16.0. The molecule has 2 saturated carbocycles. The Morgan fingerprint density at radius 3 is 2.58 bits per heavy atom. The monoisotopic (exact) mass is 548 g/mol. The molecule has 1 aromatic rings. The first-order valence-electron chi connectivity index (χ1n) is 10.8. The lowest BCUT2D eigenvalue weighted by Gasteiger charge is -2.22. The zero-order valence-corrected chi connectivity index (χ0v) is 20.8. The second-order valence-electron chi connectivity index (χ2n) is 8.07. The molecule has 1 amide bonds. The Balaban J connectivity index is 0.00000341. The minimum Gasteiger partial charge on any atom is -0.490 e. The van der Waals surface area contributed by atoms with E-state index in [1.165, 1.54) is 18.9 Å². The second kappa shape index (κ2) is 12.3. The molecule has 0 aliphatic heterocycles. The predicted octanol–water partition coefficient (Wildman–Crippen LogP) is 3.98. The highest BCUT2D eigenvalue weighted by molar-refractivity contribution is 14.0. The normalized spacial score (nSPS) is 17.7. The second-order valence-corrected chi connectivity index (χ2v) is 8.07. The van der Waals surface area contributed by atoms with Gasteiger partial charge in [-0.05, 0) is 69.1 Å². The van der Waals surface area contributed by atoms with Crippen molar-refractivity contribution in [2.45, 2.75) is 51.6 Å². The Bertz CT molecular complexity index is 756. The molecule has 0 spiro atoms. The first-order valence-corrected chi connectivity index (χ1v) is 10.8. The molecule has 174 valence electrons. The van der Waals surface area contributed by atoms with Gasteiger partial charge in [-0.1, -0.05) is 6.07 Å².